The molecule has 0 aliphatic carbocycles. The first-order valence-corrected chi connectivity index (χ1v) is 5.11. The van der Waals surface area contributed by atoms with Gasteiger partial charge in [-0.05, 0) is 12.5 Å². The number of carbonyl (C=O) groups is 1. The van der Waals surface area contributed by atoms with Crippen LogP contribution in [0.15, 0.2) is 22.8 Å². The highest BCUT2D eigenvalue weighted by Crippen LogP contribution is 2.37. The van der Waals surface area contributed by atoms with Crippen LogP contribution in [0.2, 0.25) is 0 Å². The van der Waals surface area contributed by atoms with Crippen molar-refractivity contribution < 1.29 is 24.2 Å². The number of carboxylic acids is 1. The maximum atomic E-state index is 10.6. The van der Waals surface area contributed by atoms with Crippen LogP contribution >= 0.6 is 0 Å². The lowest BCUT2D eigenvalue weighted by molar-refractivity contribution is -0.136. The predicted molar refractivity (Wildman–Crippen MR) is 60.4 cm³/mol. The van der Waals surface area contributed by atoms with Gasteiger partial charge >= 0.3 is 5.97 Å². The molecule has 0 fully saturated rings. The number of fused-ring (bicyclic) bond motifs is 1. The first kappa shape index (κ1) is 11.3. The molecular weight excluding hydrogens is 224 g/mol. The molecule has 1 heterocycles. The van der Waals surface area contributed by atoms with Gasteiger partial charge in [0.25, 0.3) is 0 Å². The van der Waals surface area contributed by atoms with Crippen LogP contribution in [-0.4, -0.2) is 23.3 Å². The quantitative estimate of drug-likeness (QED) is 0.850. The molecule has 0 amide bonds. The molecule has 0 aliphatic heterocycles. The molecule has 1 aromatic carbocycles. The summed E-state index contributed by atoms with van der Waals surface area (Å²) in [5, 5.41) is 19.2. The lowest BCUT2D eigenvalue weighted by atomic mass is 10.0. The third-order valence-corrected chi connectivity index (χ3v) is 2.58. The van der Waals surface area contributed by atoms with E-state index >= 15 is 0 Å². The summed E-state index contributed by atoms with van der Waals surface area (Å²) < 4.78 is 10.4. The topological polar surface area (TPSA) is 79.9 Å². The van der Waals surface area contributed by atoms with Gasteiger partial charge in [0.05, 0.1) is 18.8 Å². The van der Waals surface area contributed by atoms with Crippen molar-refractivity contribution in [2.45, 2.75) is 12.8 Å². The van der Waals surface area contributed by atoms with Gasteiger partial charge in [-0.2, -0.15) is 0 Å². The zero-order valence-corrected chi connectivity index (χ0v) is 9.27. The molecule has 2 aromatic rings. The summed E-state index contributed by atoms with van der Waals surface area (Å²) in [5.41, 5.74) is 1.00. The monoisotopic (exact) mass is 236 g/mol. The molecule has 5 nitrogen and oxygen atoms in total. The number of benzene rings is 1. The lowest BCUT2D eigenvalue weighted by Crippen LogP contribution is -2.00. The average molecular weight is 236 g/mol. The maximum absolute atomic E-state index is 10.6. The second kappa shape index (κ2) is 4.37. The van der Waals surface area contributed by atoms with Crippen LogP contribution in [0.25, 0.3) is 11.0 Å². The molecule has 0 saturated carbocycles. The Hall–Kier alpha value is -2.17. The van der Waals surface area contributed by atoms with Crippen molar-refractivity contribution in [3.05, 3.63) is 24.0 Å². The van der Waals surface area contributed by atoms with Crippen LogP contribution in [0.3, 0.4) is 0 Å². The number of aliphatic carboxylic acids is 1. The van der Waals surface area contributed by atoms with Gasteiger partial charge in [-0.15, -0.1) is 0 Å². The van der Waals surface area contributed by atoms with Gasteiger partial charge in [-0.3, -0.25) is 4.79 Å². The molecule has 0 radical (unpaired) electrons. The first-order chi connectivity index (χ1) is 8.13. The normalized spacial score (nSPS) is 10.6. The number of hydrogen-bond donors (Lipinski definition) is 2. The van der Waals surface area contributed by atoms with Crippen LogP contribution in [0, 0.1) is 0 Å². The largest absolute Gasteiger partial charge is 0.507 e. The number of furan rings is 1. The number of phenols is 1. The van der Waals surface area contributed by atoms with Crippen molar-refractivity contribution in [2.75, 3.05) is 7.11 Å². The van der Waals surface area contributed by atoms with Gasteiger partial charge in [-0.25, -0.2) is 0 Å². The number of rotatable bonds is 4. The van der Waals surface area contributed by atoms with Gasteiger partial charge in [0, 0.05) is 18.1 Å². The zero-order valence-electron chi connectivity index (χ0n) is 9.27. The second-order valence-corrected chi connectivity index (χ2v) is 3.63. The highest BCUT2D eigenvalue weighted by Gasteiger charge is 2.16. The molecule has 1 aromatic heterocycles. The number of carboxylic acid groups (broad SMARTS) is 1. The van der Waals surface area contributed by atoms with Crippen molar-refractivity contribution in [2.24, 2.45) is 0 Å². The lowest BCUT2D eigenvalue weighted by Gasteiger charge is -2.10. The Bertz CT molecular complexity index is 555. The minimum Gasteiger partial charge on any atom is -0.507 e. The SMILES string of the molecule is COc1c(CCC(=O)O)c(O)cc2occc12. The van der Waals surface area contributed by atoms with E-state index in [1.54, 1.807) is 6.07 Å². The summed E-state index contributed by atoms with van der Waals surface area (Å²) in [6.07, 6.45) is 1.65. The molecule has 2 N–H and O–H groups in total. The Kier molecular flexibility index (Phi) is 2.91. The predicted octanol–water partition coefficient (Wildman–Crippen LogP) is 2.16. The molecular formula is C12H12O5. The number of hydrogen-bond acceptors (Lipinski definition) is 4. The van der Waals surface area contributed by atoms with Crippen molar-refractivity contribution in [3.63, 3.8) is 0 Å². The molecule has 90 valence electrons. The van der Waals surface area contributed by atoms with Gasteiger partial charge in [0.2, 0.25) is 0 Å². The van der Waals surface area contributed by atoms with Crippen LogP contribution in [-0.2, 0) is 11.2 Å². The van der Waals surface area contributed by atoms with Crippen molar-refractivity contribution in [1.29, 1.82) is 0 Å². The fourth-order valence-electron chi connectivity index (χ4n) is 1.82. The van der Waals surface area contributed by atoms with Crippen LogP contribution in [0.4, 0.5) is 0 Å². The molecule has 17 heavy (non-hydrogen) atoms. The molecule has 0 bridgehead atoms. The number of phenolic OH excluding ortho intramolecular Hbond substituents is 1. The number of ether oxygens (including phenoxy) is 1. The standard InChI is InChI=1S/C12H12O5/c1-16-12-7(2-3-11(14)15)9(13)6-10-8(12)4-5-17-10/h4-6,13H,2-3H2,1H3,(H,14,15). The summed E-state index contributed by atoms with van der Waals surface area (Å²) in [4.78, 5) is 10.6. The van der Waals surface area contributed by atoms with Crippen LogP contribution < -0.4 is 4.74 Å². The summed E-state index contributed by atoms with van der Waals surface area (Å²) in [6, 6.07) is 3.19. The van der Waals surface area contributed by atoms with Crippen LogP contribution in [0.1, 0.15) is 12.0 Å². The molecule has 0 saturated heterocycles. The molecule has 0 aliphatic rings. The van der Waals surface area contributed by atoms with E-state index in [1.165, 1.54) is 19.4 Å². The fourth-order valence-corrected chi connectivity index (χ4v) is 1.82. The summed E-state index contributed by atoms with van der Waals surface area (Å²) in [7, 11) is 1.48. The summed E-state index contributed by atoms with van der Waals surface area (Å²) in [5.74, 6) is -0.459. The second-order valence-electron chi connectivity index (χ2n) is 3.63. The first-order valence-electron chi connectivity index (χ1n) is 5.11. The summed E-state index contributed by atoms with van der Waals surface area (Å²) in [6.45, 7) is 0. The number of methoxy groups -OCH3 is 1. The Balaban J connectivity index is 2.51. The van der Waals surface area contributed by atoms with E-state index in [1.807, 2.05) is 0 Å². The van der Waals surface area contributed by atoms with E-state index in [0.29, 0.717) is 16.9 Å². The summed E-state index contributed by atoms with van der Waals surface area (Å²) >= 11 is 0. The number of aromatic hydroxyl groups is 1. The minimum atomic E-state index is -0.918. The molecule has 0 spiro atoms. The van der Waals surface area contributed by atoms with Crippen molar-refractivity contribution >= 4 is 16.9 Å². The van der Waals surface area contributed by atoms with Crippen molar-refractivity contribution in [3.8, 4) is 11.5 Å². The Labute approximate surface area is 97.2 Å². The average Bonchev–Trinajstić information content (AvgIpc) is 2.72. The van der Waals surface area contributed by atoms with Gasteiger partial charge in [0.1, 0.15) is 17.1 Å². The van der Waals surface area contributed by atoms with E-state index in [9.17, 15) is 9.90 Å². The third-order valence-electron chi connectivity index (χ3n) is 2.58. The smallest absolute Gasteiger partial charge is 0.303 e. The van der Waals surface area contributed by atoms with Gasteiger partial charge < -0.3 is 19.4 Å². The van der Waals surface area contributed by atoms with Crippen LogP contribution in [0.5, 0.6) is 11.5 Å². The van der Waals surface area contributed by atoms with Gasteiger partial charge in [0.15, 0.2) is 0 Å². The van der Waals surface area contributed by atoms with E-state index in [4.69, 9.17) is 14.3 Å². The van der Waals surface area contributed by atoms with Crippen molar-refractivity contribution in [1.82, 2.24) is 0 Å². The van der Waals surface area contributed by atoms with E-state index in [-0.39, 0.29) is 18.6 Å². The highest BCUT2D eigenvalue weighted by atomic mass is 16.5. The van der Waals surface area contributed by atoms with E-state index in [2.05, 4.69) is 0 Å². The van der Waals surface area contributed by atoms with E-state index in [0.717, 1.165) is 5.39 Å². The maximum Gasteiger partial charge on any atom is 0.303 e. The fraction of sp³-hybridized carbons (Fsp3) is 0.250. The molecule has 5 heteroatoms. The Morgan fingerprint density at radius 1 is 1.53 bits per heavy atom. The van der Waals surface area contributed by atoms with Gasteiger partial charge in [-0.1, -0.05) is 0 Å². The molecule has 0 atom stereocenters. The zero-order chi connectivity index (χ0) is 12.4. The molecule has 2 rings (SSSR count). The Morgan fingerprint density at radius 2 is 2.29 bits per heavy atom. The van der Waals surface area contributed by atoms with E-state index < -0.39 is 5.97 Å². The minimum absolute atomic E-state index is 0.00875. The Morgan fingerprint density at radius 3 is 2.94 bits per heavy atom. The highest BCUT2D eigenvalue weighted by molar-refractivity contribution is 5.87. The molecule has 0 unspecified atom stereocenters. The third kappa shape index (κ3) is 2.04.